The number of nitrogens with one attached hydrogen (secondary N) is 2. The molecule has 16 heteroatoms. The highest BCUT2D eigenvalue weighted by atomic mass is 35.5. The molecule has 226 valence electrons. The summed E-state index contributed by atoms with van der Waals surface area (Å²) < 4.78 is 18.0. The molecule has 0 radical (unpaired) electrons. The van der Waals surface area contributed by atoms with Gasteiger partial charge in [-0.2, -0.15) is 14.5 Å². The average Bonchev–Trinajstić information content (AvgIpc) is 2.86. The molecular formula is C26H30Cl2N6O8. The van der Waals surface area contributed by atoms with Gasteiger partial charge >= 0.3 is 17.8 Å². The highest BCUT2D eigenvalue weighted by Crippen LogP contribution is 2.37. The van der Waals surface area contributed by atoms with E-state index in [1.165, 1.54) is 32.0 Å². The number of halogens is 2. The molecule has 0 unspecified atom stereocenters. The van der Waals surface area contributed by atoms with Crippen molar-refractivity contribution in [1.29, 1.82) is 0 Å². The molecule has 0 aliphatic rings. The van der Waals surface area contributed by atoms with Gasteiger partial charge in [0.05, 0.1) is 15.7 Å². The molecule has 0 aliphatic heterocycles. The molecule has 0 saturated carbocycles. The van der Waals surface area contributed by atoms with E-state index in [-0.39, 0.29) is 39.0 Å². The van der Waals surface area contributed by atoms with Gasteiger partial charge in [0.25, 0.3) is 11.1 Å². The maximum Gasteiger partial charge on any atom is 0.408 e. The number of alkyl carbamates (subject to hydrolysis) is 1. The van der Waals surface area contributed by atoms with Crippen LogP contribution in [0, 0.1) is 6.92 Å². The van der Waals surface area contributed by atoms with Crippen LogP contribution in [-0.4, -0.2) is 48.3 Å². The second-order valence-corrected chi connectivity index (χ2v) is 11.3. The Morgan fingerprint density at radius 2 is 1.67 bits per heavy atom. The van der Waals surface area contributed by atoms with Crippen LogP contribution in [0.1, 0.15) is 58.7 Å². The van der Waals surface area contributed by atoms with Crippen molar-refractivity contribution in [1.82, 2.24) is 29.9 Å². The highest BCUT2D eigenvalue weighted by Gasteiger charge is 2.23. The molecule has 0 saturated heterocycles. The van der Waals surface area contributed by atoms with E-state index in [0.717, 1.165) is 9.36 Å². The van der Waals surface area contributed by atoms with Crippen LogP contribution in [0.4, 0.5) is 4.79 Å². The molecule has 0 spiro atoms. The zero-order chi connectivity index (χ0) is 31.5. The van der Waals surface area contributed by atoms with E-state index in [1.807, 2.05) is 0 Å². The van der Waals surface area contributed by atoms with Gasteiger partial charge in [0.2, 0.25) is 5.88 Å². The van der Waals surface area contributed by atoms with Gasteiger partial charge in [-0.1, -0.05) is 37.0 Å². The van der Waals surface area contributed by atoms with Crippen molar-refractivity contribution >= 4 is 35.3 Å². The Labute approximate surface area is 249 Å². The highest BCUT2D eigenvalue weighted by molar-refractivity contribution is 6.37. The molecule has 0 aliphatic carbocycles. The summed E-state index contributed by atoms with van der Waals surface area (Å²) in [6.45, 7) is 10.8. The third kappa shape index (κ3) is 7.97. The Morgan fingerprint density at radius 3 is 2.24 bits per heavy atom. The number of hydrogen-bond acceptors (Lipinski definition) is 10. The van der Waals surface area contributed by atoms with Crippen LogP contribution in [0.2, 0.25) is 10.0 Å². The SMILES string of the molecule is Cc1nn(-c2cc(Cl)c(Oc3cc(C(C)C)c(=O)n(COC(=O)[C@H](C)NC(=O)OC(C)(C)C)n3)c(Cl)c2)c(=O)[nH]c1=O. The molecule has 1 amide bonds. The Morgan fingerprint density at radius 1 is 1.05 bits per heavy atom. The van der Waals surface area contributed by atoms with E-state index >= 15 is 0 Å². The number of esters is 1. The van der Waals surface area contributed by atoms with Gasteiger partial charge in [-0.15, -0.1) is 5.10 Å². The predicted molar refractivity (Wildman–Crippen MR) is 153 cm³/mol. The maximum absolute atomic E-state index is 13.0. The molecule has 3 aromatic rings. The van der Waals surface area contributed by atoms with E-state index in [2.05, 4.69) is 20.5 Å². The van der Waals surface area contributed by atoms with Crippen molar-refractivity contribution < 1.29 is 23.8 Å². The number of amides is 1. The van der Waals surface area contributed by atoms with E-state index in [1.54, 1.807) is 34.6 Å². The quantitative estimate of drug-likeness (QED) is 0.353. The number of ether oxygens (including phenoxy) is 3. The van der Waals surface area contributed by atoms with Crippen LogP contribution in [0.25, 0.3) is 5.69 Å². The lowest BCUT2D eigenvalue weighted by atomic mass is 10.1. The van der Waals surface area contributed by atoms with Crippen molar-refractivity contribution in [3.63, 3.8) is 0 Å². The minimum Gasteiger partial charge on any atom is -0.444 e. The molecule has 2 N–H and O–H groups in total. The minimum atomic E-state index is -1.08. The lowest BCUT2D eigenvalue weighted by Gasteiger charge is -2.21. The van der Waals surface area contributed by atoms with Crippen LogP contribution in [0.15, 0.2) is 32.6 Å². The molecule has 1 aromatic carbocycles. The third-order valence-corrected chi connectivity index (χ3v) is 6.00. The molecule has 1 atom stereocenters. The fraction of sp³-hybridized carbons (Fsp3) is 0.423. The number of carbonyl (C=O) groups is 2. The Kier molecular flexibility index (Phi) is 9.84. The summed E-state index contributed by atoms with van der Waals surface area (Å²) in [5.41, 5.74) is -2.24. The zero-order valence-corrected chi connectivity index (χ0v) is 25.4. The number of aryl methyl sites for hydroxylation is 1. The maximum atomic E-state index is 13.0. The standard InChI is InChI=1S/C26H30Cl2N6O8/c1-12(2)16-10-19(32-33(22(16)36)11-40-23(37)14(4)29-25(39)42-26(5,6)7)41-20-17(27)8-15(9-18(20)28)34-24(38)30-21(35)13(3)31-34/h8-10,12,14H,11H2,1-7H3,(H,29,39)(H,30,35,38)/t14-/m0/s1. The van der Waals surface area contributed by atoms with Crippen LogP contribution >= 0.6 is 23.2 Å². The predicted octanol–water partition coefficient (Wildman–Crippen LogP) is 3.42. The summed E-state index contributed by atoms with van der Waals surface area (Å²) in [4.78, 5) is 63.5. The van der Waals surface area contributed by atoms with Crippen LogP contribution in [0.5, 0.6) is 11.6 Å². The summed E-state index contributed by atoms with van der Waals surface area (Å²) >= 11 is 12.8. The van der Waals surface area contributed by atoms with E-state index in [0.29, 0.717) is 5.56 Å². The molecular weight excluding hydrogens is 595 g/mol. The number of nitrogens with zero attached hydrogens (tertiary/aromatic N) is 4. The van der Waals surface area contributed by atoms with Crippen molar-refractivity contribution in [2.24, 2.45) is 0 Å². The summed E-state index contributed by atoms with van der Waals surface area (Å²) in [5, 5.41) is 10.4. The van der Waals surface area contributed by atoms with Crippen molar-refractivity contribution in [3.05, 3.63) is 70.7 Å². The first-order valence-electron chi connectivity index (χ1n) is 12.6. The number of hydrogen-bond donors (Lipinski definition) is 2. The Balaban J connectivity index is 1.87. The molecule has 0 bridgehead atoms. The zero-order valence-electron chi connectivity index (χ0n) is 23.9. The summed E-state index contributed by atoms with van der Waals surface area (Å²) in [7, 11) is 0. The molecule has 14 nitrogen and oxygen atoms in total. The van der Waals surface area contributed by atoms with Crippen molar-refractivity contribution in [2.45, 2.75) is 72.8 Å². The Bertz CT molecular complexity index is 1670. The summed E-state index contributed by atoms with van der Waals surface area (Å²) in [6, 6.07) is 3.00. The van der Waals surface area contributed by atoms with E-state index in [4.69, 9.17) is 37.4 Å². The fourth-order valence-electron chi connectivity index (χ4n) is 3.41. The Hall–Kier alpha value is -4.17. The normalized spacial score (nSPS) is 12.1. The van der Waals surface area contributed by atoms with Gasteiger partial charge in [-0.3, -0.25) is 14.6 Å². The largest absolute Gasteiger partial charge is 0.444 e. The molecule has 42 heavy (non-hydrogen) atoms. The monoisotopic (exact) mass is 624 g/mol. The number of H-pyrrole nitrogens is 1. The molecule has 2 aromatic heterocycles. The van der Waals surface area contributed by atoms with E-state index in [9.17, 15) is 24.0 Å². The molecule has 0 fully saturated rings. The number of benzene rings is 1. The van der Waals surface area contributed by atoms with E-state index < -0.39 is 47.2 Å². The first kappa shape index (κ1) is 32.3. The first-order chi connectivity index (χ1) is 19.5. The fourth-order valence-corrected chi connectivity index (χ4v) is 3.96. The topological polar surface area (TPSA) is 176 Å². The van der Waals surface area contributed by atoms with Crippen LogP contribution in [0.3, 0.4) is 0 Å². The lowest BCUT2D eigenvalue weighted by Crippen LogP contribution is -2.43. The summed E-state index contributed by atoms with van der Waals surface area (Å²) in [6.07, 6.45) is -0.809. The lowest BCUT2D eigenvalue weighted by molar-refractivity contribution is -0.150. The van der Waals surface area contributed by atoms with Crippen molar-refractivity contribution in [2.75, 3.05) is 0 Å². The van der Waals surface area contributed by atoms with Gasteiger partial charge in [-0.05, 0) is 52.7 Å². The number of carbonyl (C=O) groups excluding carboxylic acids is 2. The minimum absolute atomic E-state index is 0.0332. The number of aromatic nitrogens is 5. The second kappa shape index (κ2) is 12.8. The number of aromatic amines is 1. The first-order valence-corrected chi connectivity index (χ1v) is 13.4. The van der Waals surface area contributed by atoms with Crippen LogP contribution in [-0.2, 0) is 21.0 Å². The molecule has 3 rings (SSSR count). The van der Waals surface area contributed by atoms with Crippen LogP contribution < -0.4 is 26.9 Å². The summed E-state index contributed by atoms with van der Waals surface area (Å²) in [5.74, 6) is -1.25. The number of rotatable bonds is 8. The van der Waals surface area contributed by atoms with Gasteiger partial charge in [0.15, 0.2) is 12.5 Å². The van der Waals surface area contributed by atoms with Crippen molar-refractivity contribution in [3.8, 4) is 17.3 Å². The second-order valence-electron chi connectivity index (χ2n) is 10.5. The average molecular weight is 625 g/mol. The van der Waals surface area contributed by atoms with Gasteiger partial charge in [0.1, 0.15) is 17.3 Å². The van der Waals surface area contributed by atoms with Gasteiger partial charge < -0.3 is 19.5 Å². The third-order valence-electron chi connectivity index (χ3n) is 5.44. The molecule has 2 heterocycles. The van der Waals surface area contributed by atoms with Gasteiger partial charge in [-0.25, -0.2) is 14.4 Å². The van der Waals surface area contributed by atoms with Gasteiger partial charge in [0, 0.05) is 11.6 Å². The smallest absolute Gasteiger partial charge is 0.408 e.